The predicted molar refractivity (Wildman–Crippen MR) is 59.4 cm³/mol. The summed E-state index contributed by atoms with van der Waals surface area (Å²) in [6, 6.07) is 7.96. The Bertz CT molecular complexity index is 286. The van der Waals surface area contributed by atoms with E-state index in [-0.39, 0.29) is 6.61 Å². The van der Waals surface area contributed by atoms with Crippen molar-refractivity contribution in [1.82, 2.24) is 0 Å². The van der Waals surface area contributed by atoms with Gasteiger partial charge in [-0.3, -0.25) is 0 Å². The number of ether oxygens (including phenoxy) is 1. The van der Waals surface area contributed by atoms with Crippen molar-refractivity contribution in [1.29, 1.82) is 0 Å². The van der Waals surface area contributed by atoms with Crippen LogP contribution < -0.4 is 9.20 Å². The standard InChI is InChI=1S/C11H14O2Se/c1-2-9-14-11-6-4-3-5-10(11)13-8-7-12/h2-6,12H,1,7-9H2. The van der Waals surface area contributed by atoms with Crippen molar-refractivity contribution in [2.75, 3.05) is 13.2 Å². The molecule has 2 nitrogen and oxygen atoms in total. The van der Waals surface area contributed by atoms with Crippen LogP contribution in [-0.4, -0.2) is 33.3 Å². The number of aliphatic hydroxyl groups is 1. The van der Waals surface area contributed by atoms with Gasteiger partial charge < -0.3 is 0 Å². The van der Waals surface area contributed by atoms with E-state index in [1.54, 1.807) is 0 Å². The Kier molecular flexibility index (Phi) is 5.38. The third-order valence-corrected chi connectivity index (χ3v) is 3.76. The second-order valence-corrected chi connectivity index (χ2v) is 4.85. The summed E-state index contributed by atoms with van der Waals surface area (Å²) < 4.78 is 6.64. The summed E-state index contributed by atoms with van der Waals surface area (Å²) in [5.41, 5.74) is 0. The molecular weight excluding hydrogens is 243 g/mol. The summed E-state index contributed by atoms with van der Waals surface area (Å²) in [5, 5.41) is 9.66. The molecule has 1 N–H and O–H groups in total. The van der Waals surface area contributed by atoms with E-state index in [1.165, 1.54) is 4.46 Å². The fraction of sp³-hybridized carbons (Fsp3) is 0.273. The van der Waals surface area contributed by atoms with Gasteiger partial charge in [0.25, 0.3) is 0 Å². The van der Waals surface area contributed by atoms with Crippen molar-refractivity contribution in [2.24, 2.45) is 0 Å². The molecule has 0 spiro atoms. The second kappa shape index (κ2) is 6.66. The van der Waals surface area contributed by atoms with Crippen molar-refractivity contribution in [3.63, 3.8) is 0 Å². The predicted octanol–water partition coefficient (Wildman–Crippen LogP) is 0.991. The summed E-state index contributed by atoms with van der Waals surface area (Å²) in [5.74, 6) is 0.892. The molecule has 0 bridgehead atoms. The van der Waals surface area contributed by atoms with Gasteiger partial charge in [-0.25, -0.2) is 0 Å². The third-order valence-electron chi connectivity index (χ3n) is 1.55. The van der Waals surface area contributed by atoms with Gasteiger partial charge in [0.2, 0.25) is 0 Å². The molecule has 14 heavy (non-hydrogen) atoms. The van der Waals surface area contributed by atoms with Gasteiger partial charge in [0, 0.05) is 0 Å². The van der Waals surface area contributed by atoms with Crippen LogP contribution in [0.3, 0.4) is 0 Å². The molecule has 0 fully saturated rings. The zero-order valence-corrected chi connectivity index (χ0v) is 9.69. The number of aliphatic hydroxyl groups excluding tert-OH is 1. The molecule has 1 aromatic rings. The van der Waals surface area contributed by atoms with Gasteiger partial charge in [-0.2, -0.15) is 0 Å². The fourth-order valence-corrected chi connectivity index (χ4v) is 2.55. The molecule has 1 rings (SSSR count). The summed E-state index contributed by atoms with van der Waals surface area (Å²) in [4.78, 5) is 0. The molecular formula is C11H14O2Se. The molecule has 76 valence electrons. The molecule has 0 radical (unpaired) electrons. The van der Waals surface area contributed by atoms with E-state index in [1.807, 2.05) is 24.3 Å². The molecule has 0 heterocycles. The van der Waals surface area contributed by atoms with E-state index < -0.39 is 0 Å². The zero-order chi connectivity index (χ0) is 10.2. The van der Waals surface area contributed by atoms with E-state index in [4.69, 9.17) is 9.84 Å². The molecule has 0 aliphatic heterocycles. The van der Waals surface area contributed by atoms with Crippen LogP contribution in [0.2, 0.25) is 5.32 Å². The normalized spacial score (nSPS) is 9.79. The molecule has 3 heteroatoms. The number of hydrogen-bond donors (Lipinski definition) is 1. The maximum absolute atomic E-state index is 8.66. The average Bonchev–Trinajstić information content (AvgIpc) is 2.24. The van der Waals surface area contributed by atoms with Crippen LogP contribution in [-0.2, 0) is 0 Å². The van der Waals surface area contributed by atoms with Crippen LogP contribution >= 0.6 is 0 Å². The van der Waals surface area contributed by atoms with E-state index in [9.17, 15) is 0 Å². The molecule has 0 aliphatic carbocycles. The Morgan fingerprint density at radius 1 is 1.43 bits per heavy atom. The number of para-hydroxylation sites is 1. The van der Waals surface area contributed by atoms with Crippen molar-refractivity contribution in [2.45, 2.75) is 5.32 Å². The molecule has 0 unspecified atom stereocenters. The van der Waals surface area contributed by atoms with Gasteiger partial charge in [-0.05, 0) is 0 Å². The monoisotopic (exact) mass is 258 g/mol. The van der Waals surface area contributed by atoms with Gasteiger partial charge >= 0.3 is 90.5 Å². The van der Waals surface area contributed by atoms with Crippen LogP contribution in [0.25, 0.3) is 0 Å². The van der Waals surface area contributed by atoms with Crippen LogP contribution in [0.5, 0.6) is 5.75 Å². The Labute approximate surface area is 90.8 Å². The van der Waals surface area contributed by atoms with Gasteiger partial charge in [0.05, 0.1) is 0 Å². The minimum atomic E-state index is 0.0583. The summed E-state index contributed by atoms with van der Waals surface area (Å²) in [6.45, 7) is 4.12. The summed E-state index contributed by atoms with van der Waals surface area (Å²) >= 11 is 0.383. The first-order chi connectivity index (χ1) is 6.88. The first-order valence-electron chi connectivity index (χ1n) is 4.45. The van der Waals surface area contributed by atoms with Crippen LogP contribution in [0, 0.1) is 0 Å². The van der Waals surface area contributed by atoms with Crippen LogP contribution in [0.1, 0.15) is 0 Å². The van der Waals surface area contributed by atoms with E-state index in [0.717, 1.165) is 11.1 Å². The molecule has 0 saturated carbocycles. The SMILES string of the molecule is C=CC[Se]c1ccccc1OCCO. The fourth-order valence-electron chi connectivity index (χ4n) is 0.993. The topological polar surface area (TPSA) is 29.5 Å². The molecule has 0 aliphatic rings. The van der Waals surface area contributed by atoms with Crippen molar-refractivity contribution < 1.29 is 9.84 Å². The average molecular weight is 257 g/mol. The Morgan fingerprint density at radius 3 is 2.93 bits per heavy atom. The molecule has 0 atom stereocenters. The maximum atomic E-state index is 8.66. The van der Waals surface area contributed by atoms with E-state index in [2.05, 4.69) is 12.6 Å². The van der Waals surface area contributed by atoms with E-state index >= 15 is 0 Å². The van der Waals surface area contributed by atoms with E-state index in [0.29, 0.717) is 21.6 Å². The number of allylic oxidation sites excluding steroid dienone is 1. The van der Waals surface area contributed by atoms with Gasteiger partial charge in [0.15, 0.2) is 0 Å². The molecule has 0 aromatic heterocycles. The number of benzene rings is 1. The Hall–Kier alpha value is -0.761. The van der Waals surface area contributed by atoms with Crippen LogP contribution in [0.4, 0.5) is 0 Å². The molecule has 0 saturated heterocycles. The van der Waals surface area contributed by atoms with Crippen LogP contribution in [0.15, 0.2) is 36.9 Å². The third kappa shape index (κ3) is 3.54. The Morgan fingerprint density at radius 2 is 2.21 bits per heavy atom. The second-order valence-electron chi connectivity index (χ2n) is 2.62. The zero-order valence-electron chi connectivity index (χ0n) is 7.98. The first-order valence-corrected chi connectivity index (χ1v) is 6.51. The minimum absolute atomic E-state index is 0.0583. The van der Waals surface area contributed by atoms with Crippen molar-refractivity contribution >= 4 is 19.4 Å². The van der Waals surface area contributed by atoms with Gasteiger partial charge in [0.1, 0.15) is 0 Å². The van der Waals surface area contributed by atoms with Crippen molar-refractivity contribution in [3.05, 3.63) is 36.9 Å². The molecule has 0 amide bonds. The Balaban J connectivity index is 2.64. The quantitative estimate of drug-likeness (QED) is 0.608. The van der Waals surface area contributed by atoms with Crippen molar-refractivity contribution in [3.8, 4) is 5.75 Å². The number of hydrogen-bond acceptors (Lipinski definition) is 2. The molecule has 1 aromatic carbocycles. The van der Waals surface area contributed by atoms with Gasteiger partial charge in [-0.15, -0.1) is 0 Å². The number of rotatable bonds is 6. The van der Waals surface area contributed by atoms with Gasteiger partial charge in [-0.1, -0.05) is 0 Å². The summed E-state index contributed by atoms with van der Waals surface area (Å²) in [6.07, 6.45) is 1.92. The first kappa shape index (κ1) is 11.3. The summed E-state index contributed by atoms with van der Waals surface area (Å²) in [7, 11) is 0.